The molecule has 1 unspecified atom stereocenters. The van der Waals surface area contributed by atoms with Crippen LogP contribution in [-0.2, 0) is 16.4 Å². The molecule has 1 N–H and O–H groups in total. The van der Waals surface area contributed by atoms with E-state index in [0.29, 0.717) is 18.3 Å². The van der Waals surface area contributed by atoms with Crippen LogP contribution in [0.5, 0.6) is 0 Å². The molecule has 2 heterocycles. The minimum atomic E-state index is -3.09. The van der Waals surface area contributed by atoms with Gasteiger partial charge >= 0.3 is 0 Å². The van der Waals surface area contributed by atoms with Crippen molar-refractivity contribution in [2.24, 2.45) is 0 Å². The van der Waals surface area contributed by atoms with E-state index in [2.05, 4.69) is 24.1 Å². The Hall–Kier alpha value is -0.790. The molecule has 0 radical (unpaired) electrons. The first-order valence-corrected chi connectivity index (χ1v) is 10.2. The van der Waals surface area contributed by atoms with E-state index in [0.717, 1.165) is 23.7 Å². The summed E-state index contributed by atoms with van der Waals surface area (Å²) in [7, 11) is -3.09. The molecule has 0 saturated carbocycles. The van der Waals surface area contributed by atoms with Crippen molar-refractivity contribution in [2.75, 3.05) is 29.2 Å². The first-order valence-electron chi connectivity index (χ1n) is 7.09. The van der Waals surface area contributed by atoms with Crippen LogP contribution in [0.25, 0.3) is 0 Å². The molecule has 0 spiro atoms. The van der Waals surface area contributed by atoms with Crippen LogP contribution in [0.1, 0.15) is 19.5 Å². The number of thioether (sulfide) groups is 1. The van der Waals surface area contributed by atoms with E-state index >= 15 is 0 Å². The average molecular weight is 329 g/mol. The molecule has 1 aromatic rings. The van der Waals surface area contributed by atoms with Crippen LogP contribution in [0.15, 0.2) is 18.3 Å². The van der Waals surface area contributed by atoms with Gasteiger partial charge in [-0.3, -0.25) is 4.98 Å². The lowest BCUT2D eigenvalue weighted by Crippen LogP contribution is -2.47. The number of rotatable bonds is 5. The maximum absolute atomic E-state index is 12.0. The smallest absolute Gasteiger partial charge is 0.169 e. The second-order valence-corrected chi connectivity index (χ2v) is 8.95. The Kier molecular flexibility index (Phi) is 5.51. The summed E-state index contributed by atoms with van der Waals surface area (Å²) < 4.78 is 24.0. The van der Waals surface area contributed by atoms with Crippen molar-refractivity contribution in [1.82, 2.24) is 10.3 Å². The van der Waals surface area contributed by atoms with Gasteiger partial charge in [0.25, 0.3) is 0 Å². The fourth-order valence-corrected chi connectivity index (χ4v) is 5.12. The lowest BCUT2D eigenvalue weighted by molar-refractivity contribution is 0.580. The zero-order valence-corrected chi connectivity index (χ0v) is 14.4. The van der Waals surface area contributed by atoms with Crippen molar-refractivity contribution < 1.29 is 8.42 Å². The van der Waals surface area contributed by atoms with Crippen molar-refractivity contribution >= 4 is 27.3 Å². The quantitative estimate of drug-likeness (QED) is 0.883. The lowest BCUT2D eigenvalue weighted by atomic mass is 10.2. The van der Waals surface area contributed by atoms with Crippen LogP contribution in [0, 0.1) is 0 Å². The zero-order chi connectivity index (χ0) is 15.5. The van der Waals surface area contributed by atoms with Crippen LogP contribution in [0.4, 0.5) is 5.69 Å². The highest BCUT2D eigenvalue weighted by Gasteiger charge is 2.31. The van der Waals surface area contributed by atoms with Gasteiger partial charge in [0.05, 0.1) is 5.69 Å². The highest BCUT2D eigenvalue weighted by molar-refractivity contribution is 8.01. The molecule has 0 amide bonds. The molecule has 1 atom stereocenters. The number of anilines is 1. The number of nitrogens with one attached hydrogen (secondary N) is 1. The summed E-state index contributed by atoms with van der Waals surface area (Å²) in [5.74, 6) is 1.58. The molecule has 1 aliphatic heterocycles. The molecule has 0 bridgehead atoms. The molecular weight excluding hydrogens is 306 g/mol. The van der Waals surface area contributed by atoms with Crippen LogP contribution < -0.4 is 10.2 Å². The third-order valence-electron chi connectivity index (χ3n) is 3.40. The van der Waals surface area contributed by atoms with Gasteiger partial charge in [-0.15, -0.1) is 0 Å². The molecule has 5 nitrogen and oxygen atoms in total. The Morgan fingerprint density at radius 2 is 2.29 bits per heavy atom. The minimum Gasteiger partial charge on any atom is -0.353 e. The van der Waals surface area contributed by atoms with Gasteiger partial charge in [-0.25, -0.2) is 8.42 Å². The van der Waals surface area contributed by atoms with Crippen molar-refractivity contribution in [3.8, 4) is 0 Å². The van der Waals surface area contributed by atoms with Crippen LogP contribution in [0.3, 0.4) is 0 Å². The van der Waals surface area contributed by atoms with Gasteiger partial charge in [0, 0.05) is 48.8 Å². The maximum atomic E-state index is 12.0. The van der Waals surface area contributed by atoms with Crippen molar-refractivity contribution in [3.63, 3.8) is 0 Å². The second-order valence-electron chi connectivity index (χ2n) is 5.59. The summed E-state index contributed by atoms with van der Waals surface area (Å²) in [5, 5.41) is 2.89. The highest BCUT2D eigenvalue weighted by atomic mass is 32.2. The minimum absolute atomic E-state index is 0.394. The maximum Gasteiger partial charge on any atom is 0.169 e. The number of hydrogen-bond donors (Lipinski definition) is 1. The zero-order valence-electron chi connectivity index (χ0n) is 12.7. The number of pyridine rings is 1. The van der Waals surface area contributed by atoms with E-state index in [1.54, 1.807) is 18.0 Å². The largest absolute Gasteiger partial charge is 0.353 e. The van der Waals surface area contributed by atoms with E-state index < -0.39 is 15.2 Å². The van der Waals surface area contributed by atoms with E-state index in [1.807, 2.05) is 17.0 Å². The Morgan fingerprint density at radius 1 is 1.52 bits per heavy atom. The number of sulfone groups is 1. The summed E-state index contributed by atoms with van der Waals surface area (Å²) in [6, 6.07) is 4.28. The molecule has 0 aromatic carbocycles. The number of hydrogen-bond acceptors (Lipinski definition) is 6. The van der Waals surface area contributed by atoms with Crippen molar-refractivity contribution in [2.45, 2.75) is 31.8 Å². The molecule has 2 rings (SSSR count). The van der Waals surface area contributed by atoms with Gasteiger partial charge in [0.1, 0.15) is 5.37 Å². The summed E-state index contributed by atoms with van der Waals surface area (Å²) >= 11 is 1.70. The molecule has 0 aliphatic carbocycles. The monoisotopic (exact) mass is 329 g/mol. The third kappa shape index (κ3) is 4.59. The molecule has 1 aromatic heterocycles. The molecule has 1 saturated heterocycles. The Labute approximate surface area is 131 Å². The first kappa shape index (κ1) is 16.6. The van der Waals surface area contributed by atoms with E-state index in [1.165, 1.54) is 6.26 Å². The van der Waals surface area contributed by atoms with E-state index in [-0.39, 0.29) is 0 Å². The van der Waals surface area contributed by atoms with E-state index in [4.69, 9.17) is 0 Å². The Bertz CT molecular complexity index is 575. The molecule has 118 valence electrons. The predicted molar refractivity (Wildman–Crippen MR) is 89.5 cm³/mol. The molecule has 7 heteroatoms. The second kappa shape index (κ2) is 6.98. The predicted octanol–water partition coefficient (Wildman–Crippen LogP) is 1.50. The molecule has 1 aliphatic rings. The number of nitrogens with zero attached hydrogens (tertiary/aromatic N) is 2. The summed E-state index contributed by atoms with van der Waals surface area (Å²) in [5.41, 5.74) is 1.88. The molecule has 21 heavy (non-hydrogen) atoms. The van der Waals surface area contributed by atoms with Gasteiger partial charge in [-0.2, -0.15) is 11.8 Å². The normalized spacial score (nSPS) is 20.0. The topological polar surface area (TPSA) is 62.3 Å². The van der Waals surface area contributed by atoms with E-state index in [9.17, 15) is 8.42 Å². The highest BCUT2D eigenvalue weighted by Crippen LogP contribution is 2.26. The van der Waals surface area contributed by atoms with Crippen LogP contribution >= 0.6 is 11.8 Å². The van der Waals surface area contributed by atoms with Crippen molar-refractivity contribution in [3.05, 3.63) is 24.0 Å². The van der Waals surface area contributed by atoms with Gasteiger partial charge in [0.2, 0.25) is 0 Å². The summed E-state index contributed by atoms with van der Waals surface area (Å²) in [6.07, 6.45) is 3.08. The lowest BCUT2D eigenvalue weighted by Gasteiger charge is -2.36. The third-order valence-corrected chi connectivity index (χ3v) is 6.05. The van der Waals surface area contributed by atoms with Gasteiger partial charge in [-0.05, 0) is 12.1 Å². The first-order chi connectivity index (χ1) is 9.88. The number of aromatic nitrogens is 1. The fraction of sp³-hybridized carbons (Fsp3) is 0.643. The molecular formula is C14H23N3O2S2. The standard InChI is InChI=1S/C14H23N3O2S2/c1-11(2)16-9-12-8-13(4-5-15-12)17-6-7-20-10-14(17)21(3,18)19/h4-5,8,11,14,16H,6-7,9-10H2,1-3H3. The Balaban J connectivity index is 2.21. The fourth-order valence-electron chi connectivity index (χ4n) is 2.28. The summed E-state index contributed by atoms with van der Waals surface area (Å²) in [6.45, 7) is 5.62. The van der Waals surface area contributed by atoms with Crippen LogP contribution in [0.2, 0.25) is 0 Å². The van der Waals surface area contributed by atoms with Gasteiger partial charge in [-0.1, -0.05) is 13.8 Å². The molecule has 1 fully saturated rings. The average Bonchev–Trinajstić information content (AvgIpc) is 2.44. The van der Waals surface area contributed by atoms with Gasteiger partial charge in [0.15, 0.2) is 9.84 Å². The summed E-state index contributed by atoms with van der Waals surface area (Å²) in [4.78, 5) is 6.34. The Morgan fingerprint density at radius 3 is 2.95 bits per heavy atom. The SMILES string of the molecule is CC(C)NCc1cc(N2CCSCC2S(C)(=O)=O)ccn1. The van der Waals surface area contributed by atoms with Crippen molar-refractivity contribution in [1.29, 1.82) is 0 Å². The van der Waals surface area contributed by atoms with Crippen LogP contribution in [-0.4, -0.2) is 49.1 Å². The van der Waals surface area contributed by atoms with Gasteiger partial charge < -0.3 is 10.2 Å².